The molecule has 1 aliphatic rings. The van der Waals surface area contributed by atoms with Crippen molar-refractivity contribution in [1.82, 2.24) is 9.88 Å². The number of Topliss-reactive ketones (excluding diaryl/α,β-unsaturated/α-hetero) is 1. The number of carbonyl (C=O) groups is 2. The van der Waals surface area contributed by atoms with Crippen molar-refractivity contribution in [2.45, 2.75) is 25.9 Å². The zero-order valence-electron chi connectivity index (χ0n) is 19.6. The topological polar surface area (TPSA) is 82.6 Å². The molecule has 0 aliphatic carbocycles. The van der Waals surface area contributed by atoms with Crippen molar-refractivity contribution in [2.24, 2.45) is 0 Å². The van der Waals surface area contributed by atoms with Gasteiger partial charge in [0.1, 0.15) is 11.5 Å². The molecule has 1 saturated heterocycles. The third-order valence-corrected chi connectivity index (χ3v) is 6.62. The van der Waals surface area contributed by atoms with Gasteiger partial charge in [-0.3, -0.25) is 9.59 Å². The summed E-state index contributed by atoms with van der Waals surface area (Å²) in [6, 6.07) is 21.8. The van der Waals surface area contributed by atoms with E-state index in [4.69, 9.17) is 4.74 Å². The minimum Gasteiger partial charge on any atom is -0.507 e. The van der Waals surface area contributed by atoms with Gasteiger partial charge in [-0.1, -0.05) is 67.6 Å². The molecule has 1 aromatic heterocycles. The molecule has 5 rings (SSSR count). The number of aryl methyl sites for hydroxylation is 1. The number of likely N-dealkylation sites (tertiary alicyclic amines) is 1. The molecular weight excluding hydrogens is 440 g/mol. The van der Waals surface area contributed by atoms with Gasteiger partial charge < -0.3 is 19.7 Å². The summed E-state index contributed by atoms with van der Waals surface area (Å²) in [7, 11) is 1.57. The number of methoxy groups -OCH3 is 1. The predicted molar refractivity (Wildman–Crippen MR) is 135 cm³/mol. The number of hydrogen-bond donors (Lipinski definition) is 2. The average molecular weight is 467 g/mol. The molecule has 0 radical (unpaired) electrons. The molecule has 1 unspecified atom stereocenters. The van der Waals surface area contributed by atoms with Crippen molar-refractivity contribution in [2.75, 3.05) is 7.11 Å². The molecule has 2 N–H and O–H groups in total. The highest BCUT2D eigenvalue weighted by atomic mass is 16.5. The Kier molecular flexibility index (Phi) is 5.87. The minimum absolute atomic E-state index is 0.0823. The normalized spacial score (nSPS) is 17.3. The van der Waals surface area contributed by atoms with Crippen LogP contribution in [0.1, 0.15) is 35.2 Å². The maximum absolute atomic E-state index is 13.4. The molecule has 0 spiro atoms. The quantitative estimate of drug-likeness (QED) is 0.228. The van der Waals surface area contributed by atoms with Gasteiger partial charge in [0, 0.05) is 33.8 Å². The Hall–Kier alpha value is -4.32. The number of carbonyl (C=O) groups excluding carboxylic acids is 2. The molecule has 1 aliphatic heterocycles. The molecule has 1 atom stereocenters. The highest BCUT2D eigenvalue weighted by Gasteiger charge is 2.47. The molecule has 35 heavy (non-hydrogen) atoms. The van der Waals surface area contributed by atoms with Gasteiger partial charge in [0.25, 0.3) is 11.7 Å². The molecular formula is C29H26N2O4. The van der Waals surface area contributed by atoms with Crippen molar-refractivity contribution >= 4 is 28.4 Å². The number of nitrogens with zero attached hydrogens (tertiary/aromatic N) is 1. The second kappa shape index (κ2) is 9.14. The van der Waals surface area contributed by atoms with Crippen molar-refractivity contribution in [3.05, 3.63) is 107 Å². The highest BCUT2D eigenvalue weighted by Crippen LogP contribution is 2.43. The zero-order chi connectivity index (χ0) is 24.5. The third kappa shape index (κ3) is 3.87. The highest BCUT2D eigenvalue weighted by molar-refractivity contribution is 6.46. The number of para-hydroxylation sites is 2. The van der Waals surface area contributed by atoms with Gasteiger partial charge in [0.15, 0.2) is 0 Å². The number of nitrogens with one attached hydrogen (secondary N) is 1. The number of aliphatic hydroxyl groups is 1. The Morgan fingerprint density at radius 2 is 1.71 bits per heavy atom. The number of aliphatic hydroxyl groups excluding tert-OH is 1. The van der Waals surface area contributed by atoms with Crippen LogP contribution in [0.25, 0.3) is 16.7 Å². The van der Waals surface area contributed by atoms with Crippen LogP contribution in [-0.2, 0) is 22.6 Å². The lowest BCUT2D eigenvalue weighted by molar-refractivity contribution is -0.140. The van der Waals surface area contributed by atoms with Gasteiger partial charge in [0.05, 0.1) is 25.3 Å². The van der Waals surface area contributed by atoms with Crippen molar-refractivity contribution < 1.29 is 19.4 Å². The van der Waals surface area contributed by atoms with Crippen LogP contribution >= 0.6 is 0 Å². The number of aromatic nitrogens is 1. The predicted octanol–water partition coefficient (Wildman–Crippen LogP) is 5.36. The summed E-state index contributed by atoms with van der Waals surface area (Å²) in [4.78, 5) is 31.5. The molecule has 6 heteroatoms. The Morgan fingerprint density at radius 3 is 2.46 bits per heavy atom. The fourth-order valence-corrected chi connectivity index (χ4v) is 4.76. The summed E-state index contributed by atoms with van der Waals surface area (Å²) in [6.45, 7) is 2.21. The Morgan fingerprint density at radius 1 is 1.00 bits per heavy atom. The van der Waals surface area contributed by atoms with E-state index in [1.165, 1.54) is 4.90 Å². The lowest BCUT2D eigenvalue weighted by atomic mass is 9.94. The lowest BCUT2D eigenvalue weighted by Crippen LogP contribution is -2.29. The summed E-state index contributed by atoms with van der Waals surface area (Å²) in [6.07, 6.45) is 2.67. The number of H-pyrrole nitrogens is 1. The van der Waals surface area contributed by atoms with Crippen molar-refractivity contribution in [1.29, 1.82) is 0 Å². The summed E-state index contributed by atoms with van der Waals surface area (Å²) < 4.78 is 5.49. The monoisotopic (exact) mass is 466 g/mol. The molecule has 1 amide bonds. The maximum Gasteiger partial charge on any atom is 0.295 e. The molecule has 0 bridgehead atoms. The van der Waals surface area contributed by atoms with E-state index in [0.29, 0.717) is 11.3 Å². The number of benzene rings is 3. The van der Waals surface area contributed by atoms with E-state index < -0.39 is 17.7 Å². The second-order valence-corrected chi connectivity index (χ2v) is 8.58. The molecule has 3 aromatic carbocycles. The SMILES string of the molecule is CCc1ccc(/C(O)=C2\C(=O)C(=O)N(Cc3ccccc3OC)C2c2c[nH]c3ccccc23)cc1. The maximum atomic E-state index is 13.4. The first-order valence-corrected chi connectivity index (χ1v) is 11.6. The zero-order valence-corrected chi connectivity index (χ0v) is 19.6. The number of ether oxygens (including phenoxy) is 1. The number of ketones is 1. The van der Waals surface area contributed by atoms with E-state index in [9.17, 15) is 14.7 Å². The number of rotatable bonds is 6. The van der Waals surface area contributed by atoms with Gasteiger partial charge in [-0.05, 0) is 24.1 Å². The molecule has 0 saturated carbocycles. The summed E-state index contributed by atoms with van der Waals surface area (Å²) in [5.74, 6) is -0.906. The molecule has 176 valence electrons. The number of hydrogen-bond acceptors (Lipinski definition) is 4. The molecule has 2 heterocycles. The number of amides is 1. The van der Waals surface area contributed by atoms with Crippen LogP contribution in [0.3, 0.4) is 0 Å². The number of fused-ring (bicyclic) bond motifs is 1. The molecule has 6 nitrogen and oxygen atoms in total. The fraction of sp³-hybridized carbons (Fsp3) is 0.172. The van der Waals surface area contributed by atoms with Crippen molar-refractivity contribution in [3.63, 3.8) is 0 Å². The molecule has 4 aromatic rings. The van der Waals surface area contributed by atoms with E-state index in [1.54, 1.807) is 19.2 Å². The van der Waals surface area contributed by atoms with Crippen LogP contribution in [0, 0.1) is 0 Å². The van der Waals surface area contributed by atoms with Crippen LogP contribution in [0.2, 0.25) is 0 Å². The van der Waals surface area contributed by atoms with E-state index in [-0.39, 0.29) is 17.9 Å². The summed E-state index contributed by atoms with van der Waals surface area (Å²) in [5, 5.41) is 12.2. The van der Waals surface area contributed by atoms with Gasteiger partial charge in [-0.2, -0.15) is 0 Å². The van der Waals surface area contributed by atoms with E-state index in [2.05, 4.69) is 11.9 Å². The third-order valence-electron chi connectivity index (χ3n) is 6.62. The van der Waals surface area contributed by atoms with Crippen LogP contribution in [0.15, 0.2) is 84.6 Å². The fourth-order valence-electron chi connectivity index (χ4n) is 4.76. The first kappa shape index (κ1) is 22.5. The van der Waals surface area contributed by atoms with E-state index >= 15 is 0 Å². The largest absolute Gasteiger partial charge is 0.507 e. The standard InChI is InChI=1S/C29H26N2O4/c1-3-18-12-14-19(15-13-18)27(32)25-26(22-16-30-23-10-6-5-9-21(22)23)31(29(34)28(25)33)17-20-8-4-7-11-24(20)35-2/h4-16,26,30,32H,3,17H2,1-2H3/b27-25+. The Bertz CT molecular complexity index is 1450. The number of aromatic amines is 1. The smallest absolute Gasteiger partial charge is 0.295 e. The van der Waals surface area contributed by atoms with Crippen LogP contribution in [-0.4, -0.2) is 33.8 Å². The first-order valence-electron chi connectivity index (χ1n) is 11.6. The Balaban J connectivity index is 1.69. The van der Waals surface area contributed by atoms with Gasteiger partial charge in [-0.25, -0.2) is 0 Å². The average Bonchev–Trinajstić information content (AvgIpc) is 3.43. The summed E-state index contributed by atoms with van der Waals surface area (Å²) >= 11 is 0. The van der Waals surface area contributed by atoms with Crippen molar-refractivity contribution in [3.8, 4) is 5.75 Å². The van der Waals surface area contributed by atoms with Crippen LogP contribution in [0.4, 0.5) is 0 Å². The van der Waals surface area contributed by atoms with Gasteiger partial charge in [-0.15, -0.1) is 0 Å². The Labute approximate surface area is 203 Å². The molecule has 1 fully saturated rings. The summed E-state index contributed by atoms with van der Waals surface area (Å²) in [5.41, 5.74) is 4.11. The van der Waals surface area contributed by atoms with E-state index in [1.807, 2.05) is 66.9 Å². The van der Waals surface area contributed by atoms with Crippen LogP contribution in [0.5, 0.6) is 5.75 Å². The lowest BCUT2D eigenvalue weighted by Gasteiger charge is -2.25. The van der Waals surface area contributed by atoms with Gasteiger partial charge >= 0.3 is 0 Å². The first-order chi connectivity index (χ1) is 17.0. The minimum atomic E-state index is -0.762. The van der Waals surface area contributed by atoms with Gasteiger partial charge in [0.2, 0.25) is 0 Å². The van der Waals surface area contributed by atoms with E-state index in [0.717, 1.165) is 34.0 Å². The van der Waals surface area contributed by atoms with Crippen LogP contribution < -0.4 is 4.74 Å². The second-order valence-electron chi connectivity index (χ2n) is 8.58.